The first-order valence-electron chi connectivity index (χ1n) is 5.89. The van der Waals surface area contributed by atoms with Crippen molar-refractivity contribution < 1.29 is 4.42 Å². The van der Waals surface area contributed by atoms with Crippen molar-refractivity contribution in [3.05, 3.63) is 66.3 Å². The largest absolute Gasteiger partial charge is 0.417 e. The Bertz CT molecular complexity index is 675. The highest BCUT2D eigenvalue weighted by Gasteiger charge is 2.05. The van der Waals surface area contributed by atoms with Gasteiger partial charge in [0.15, 0.2) is 0 Å². The second-order valence-electron chi connectivity index (χ2n) is 3.93. The lowest BCUT2D eigenvalue weighted by Crippen LogP contribution is -1.77. The fourth-order valence-electron chi connectivity index (χ4n) is 1.64. The van der Waals surface area contributed by atoms with Crippen LogP contribution in [-0.2, 0) is 0 Å². The molecule has 0 saturated heterocycles. The molecule has 3 rings (SSSR count). The van der Waals surface area contributed by atoms with E-state index >= 15 is 0 Å². The third-order valence-electron chi connectivity index (χ3n) is 2.59. The zero-order chi connectivity index (χ0) is 12.9. The highest BCUT2D eigenvalue weighted by molar-refractivity contribution is 5.66. The van der Waals surface area contributed by atoms with Crippen molar-refractivity contribution in [2.24, 2.45) is 0 Å². The molecule has 0 radical (unpaired) electrons. The van der Waals surface area contributed by atoms with E-state index in [0.29, 0.717) is 11.8 Å². The predicted molar refractivity (Wildman–Crippen MR) is 72.9 cm³/mol. The van der Waals surface area contributed by atoms with Crippen LogP contribution < -0.4 is 0 Å². The summed E-state index contributed by atoms with van der Waals surface area (Å²) in [6.07, 6.45) is 7.12. The van der Waals surface area contributed by atoms with E-state index in [1.165, 1.54) is 0 Å². The number of pyridine rings is 1. The molecule has 0 aliphatic heterocycles. The van der Waals surface area contributed by atoms with Crippen molar-refractivity contribution in [1.29, 1.82) is 0 Å². The SMILES string of the molecule is C(=C\c1nnc(-c2ccncc2)o1)/c1ccccc1. The molecular weight excluding hydrogens is 238 g/mol. The number of benzene rings is 1. The van der Waals surface area contributed by atoms with Gasteiger partial charge in [0, 0.05) is 24.0 Å². The lowest BCUT2D eigenvalue weighted by Gasteiger charge is -1.91. The molecule has 0 saturated carbocycles. The summed E-state index contributed by atoms with van der Waals surface area (Å²) in [5.41, 5.74) is 1.95. The van der Waals surface area contributed by atoms with E-state index in [2.05, 4.69) is 15.2 Å². The van der Waals surface area contributed by atoms with Gasteiger partial charge in [-0.2, -0.15) is 0 Å². The van der Waals surface area contributed by atoms with Crippen LogP contribution in [-0.4, -0.2) is 15.2 Å². The molecule has 1 aromatic carbocycles. The second kappa shape index (κ2) is 5.27. The van der Waals surface area contributed by atoms with Gasteiger partial charge in [0.25, 0.3) is 0 Å². The third kappa shape index (κ3) is 2.74. The van der Waals surface area contributed by atoms with Crippen molar-refractivity contribution in [2.75, 3.05) is 0 Å². The molecule has 2 heterocycles. The number of nitrogens with zero attached hydrogens (tertiary/aromatic N) is 3. The molecule has 0 atom stereocenters. The molecule has 0 fully saturated rings. The van der Waals surface area contributed by atoms with E-state index in [4.69, 9.17) is 4.42 Å². The Morgan fingerprint density at radius 1 is 0.842 bits per heavy atom. The van der Waals surface area contributed by atoms with Gasteiger partial charge in [0.2, 0.25) is 11.8 Å². The maximum atomic E-state index is 5.55. The van der Waals surface area contributed by atoms with Crippen LogP contribution >= 0.6 is 0 Å². The van der Waals surface area contributed by atoms with Crippen molar-refractivity contribution >= 4 is 12.2 Å². The standard InChI is InChI=1S/C15H11N3O/c1-2-4-12(5-3-1)6-7-14-17-18-15(19-14)13-8-10-16-11-9-13/h1-11H/b7-6+. The number of hydrogen-bond donors (Lipinski definition) is 0. The molecule has 3 aromatic rings. The maximum Gasteiger partial charge on any atom is 0.248 e. The van der Waals surface area contributed by atoms with Gasteiger partial charge in [-0.05, 0) is 23.8 Å². The second-order valence-corrected chi connectivity index (χ2v) is 3.93. The molecule has 0 spiro atoms. The number of hydrogen-bond acceptors (Lipinski definition) is 4. The minimum atomic E-state index is 0.482. The van der Waals surface area contributed by atoms with Gasteiger partial charge in [-0.3, -0.25) is 4.98 Å². The van der Waals surface area contributed by atoms with Crippen LogP contribution in [0.5, 0.6) is 0 Å². The lowest BCUT2D eigenvalue weighted by molar-refractivity contribution is 0.558. The van der Waals surface area contributed by atoms with Crippen LogP contribution in [0.15, 0.2) is 59.3 Å². The maximum absolute atomic E-state index is 5.55. The molecule has 0 unspecified atom stereocenters. The Morgan fingerprint density at radius 3 is 2.42 bits per heavy atom. The molecule has 0 aliphatic carbocycles. The molecule has 0 aliphatic rings. The average Bonchev–Trinajstić information content (AvgIpc) is 2.96. The summed E-state index contributed by atoms with van der Waals surface area (Å²) >= 11 is 0. The first kappa shape index (κ1) is 11.3. The highest BCUT2D eigenvalue weighted by atomic mass is 16.4. The van der Waals surface area contributed by atoms with E-state index in [0.717, 1.165) is 11.1 Å². The summed E-state index contributed by atoms with van der Waals surface area (Å²) in [5.74, 6) is 0.978. The van der Waals surface area contributed by atoms with E-state index in [1.807, 2.05) is 48.5 Å². The lowest BCUT2D eigenvalue weighted by atomic mass is 10.2. The molecule has 0 N–H and O–H groups in total. The topological polar surface area (TPSA) is 51.8 Å². The minimum Gasteiger partial charge on any atom is -0.417 e. The fourth-order valence-corrected chi connectivity index (χ4v) is 1.64. The van der Waals surface area contributed by atoms with Crippen LogP contribution in [0.25, 0.3) is 23.6 Å². The molecule has 4 heteroatoms. The first-order valence-corrected chi connectivity index (χ1v) is 5.89. The van der Waals surface area contributed by atoms with Gasteiger partial charge in [0.05, 0.1) is 0 Å². The molecule has 2 aromatic heterocycles. The highest BCUT2D eigenvalue weighted by Crippen LogP contribution is 2.17. The van der Waals surface area contributed by atoms with Gasteiger partial charge in [-0.1, -0.05) is 30.3 Å². The van der Waals surface area contributed by atoms with E-state index in [-0.39, 0.29) is 0 Å². The number of aromatic nitrogens is 3. The van der Waals surface area contributed by atoms with Crippen LogP contribution in [0.4, 0.5) is 0 Å². The average molecular weight is 249 g/mol. The Hall–Kier alpha value is -2.75. The van der Waals surface area contributed by atoms with Crippen LogP contribution in [0.1, 0.15) is 11.5 Å². The van der Waals surface area contributed by atoms with E-state index < -0.39 is 0 Å². The van der Waals surface area contributed by atoms with Gasteiger partial charge < -0.3 is 4.42 Å². The molecule has 92 valence electrons. The Kier molecular flexibility index (Phi) is 3.14. The van der Waals surface area contributed by atoms with Crippen LogP contribution in [0, 0.1) is 0 Å². The summed E-state index contributed by atoms with van der Waals surface area (Å²) in [5, 5.41) is 7.99. The Labute approximate surface area is 110 Å². The van der Waals surface area contributed by atoms with Gasteiger partial charge in [0.1, 0.15) is 0 Å². The molecule has 0 bridgehead atoms. The van der Waals surface area contributed by atoms with Gasteiger partial charge in [-0.15, -0.1) is 10.2 Å². The Morgan fingerprint density at radius 2 is 1.63 bits per heavy atom. The fraction of sp³-hybridized carbons (Fsp3) is 0. The summed E-state index contributed by atoms with van der Waals surface area (Å²) in [6, 6.07) is 13.6. The summed E-state index contributed by atoms with van der Waals surface area (Å²) < 4.78 is 5.55. The van der Waals surface area contributed by atoms with E-state index in [9.17, 15) is 0 Å². The summed E-state index contributed by atoms with van der Waals surface area (Å²) in [4.78, 5) is 3.95. The predicted octanol–water partition coefficient (Wildman–Crippen LogP) is 3.30. The molecule has 19 heavy (non-hydrogen) atoms. The monoisotopic (exact) mass is 249 g/mol. The van der Waals surface area contributed by atoms with Crippen molar-refractivity contribution in [3.8, 4) is 11.5 Å². The van der Waals surface area contributed by atoms with Crippen LogP contribution in [0.2, 0.25) is 0 Å². The molecular formula is C15H11N3O. The van der Waals surface area contributed by atoms with Crippen LogP contribution in [0.3, 0.4) is 0 Å². The first-order chi connectivity index (χ1) is 9.42. The van der Waals surface area contributed by atoms with Crippen molar-refractivity contribution in [1.82, 2.24) is 15.2 Å². The third-order valence-corrected chi connectivity index (χ3v) is 2.59. The zero-order valence-electron chi connectivity index (χ0n) is 10.1. The van der Waals surface area contributed by atoms with E-state index in [1.54, 1.807) is 18.5 Å². The smallest absolute Gasteiger partial charge is 0.248 e. The van der Waals surface area contributed by atoms with Gasteiger partial charge in [-0.25, -0.2) is 0 Å². The van der Waals surface area contributed by atoms with Crippen molar-refractivity contribution in [2.45, 2.75) is 0 Å². The Balaban J connectivity index is 1.81. The van der Waals surface area contributed by atoms with Gasteiger partial charge >= 0.3 is 0 Å². The molecule has 0 amide bonds. The quantitative estimate of drug-likeness (QED) is 0.714. The summed E-state index contributed by atoms with van der Waals surface area (Å²) in [6.45, 7) is 0. The molecule has 4 nitrogen and oxygen atoms in total. The number of rotatable bonds is 3. The van der Waals surface area contributed by atoms with Crippen molar-refractivity contribution in [3.63, 3.8) is 0 Å². The zero-order valence-corrected chi connectivity index (χ0v) is 10.1. The normalized spacial score (nSPS) is 10.9. The minimum absolute atomic E-state index is 0.482. The summed E-state index contributed by atoms with van der Waals surface area (Å²) in [7, 11) is 0.